The van der Waals surface area contributed by atoms with Crippen molar-refractivity contribution >= 4 is 40.7 Å². The highest BCUT2D eigenvalue weighted by molar-refractivity contribution is 5.81. The fraction of sp³-hybridized carbons (Fsp3) is 0.458. The molecule has 12 nitrogen and oxygen atoms in total. The molecule has 0 spiro atoms. The molecule has 0 radical (unpaired) electrons. The van der Waals surface area contributed by atoms with Gasteiger partial charge in [0.15, 0.2) is 12.2 Å². The summed E-state index contributed by atoms with van der Waals surface area (Å²) in [5.41, 5.74) is 0.767. The lowest BCUT2D eigenvalue weighted by Crippen LogP contribution is -2.67. The van der Waals surface area contributed by atoms with Crippen LogP contribution in [0.1, 0.15) is 40.3 Å². The zero-order chi connectivity index (χ0) is 26.6. The van der Waals surface area contributed by atoms with E-state index in [4.69, 9.17) is 28.4 Å². The van der Waals surface area contributed by atoms with E-state index in [-0.39, 0.29) is 5.69 Å². The quantitative estimate of drug-likeness (QED) is 0.431. The molecule has 3 rings (SSSR count). The lowest BCUT2D eigenvalue weighted by molar-refractivity contribution is -0.362. The molecule has 1 aromatic carbocycles. The summed E-state index contributed by atoms with van der Waals surface area (Å²) in [6, 6.07) is 8.70. The van der Waals surface area contributed by atoms with Gasteiger partial charge in [-0.1, -0.05) is 18.2 Å². The minimum Gasteiger partial charge on any atom is -0.463 e. The molecule has 0 saturated carbocycles. The van der Waals surface area contributed by atoms with Crippen LogP contribution in [0.25, 0.3) is 10.9 Å². The molecule has 2 aromatic rings. The average Bonchev–Trinajstić information content (AvgIpc) is 3.20. The molecular formula is C24H27NO11. The molecule has 0 amide bonds. The molecular weight excluding hydrogens is 478 g/mol. The summed E-state index contributed by atoms with van der Waals surface area (Å²) in [6.07, 6.45) is -5.85. The van der Waals surface area contributed by atoms with Crippen LogP contribution in [0.2, 0.25) is 0 Å². The van der Waals surface area contributed by atoms with Crippen molar-refractivity contribution in [3.8, 4) is 0 Å². The van der Waals surface area contributed by atoms with E-state index in [1.165, 1.54) is 0 Å². The Labute approximate surface area is 206 Å². The van der Waals surface area contributed by atoms with Crippen LogP contribution in [0, 0.1) is 0 Å². The molecule has 1 fully saturated rings. The Morgan fingerprint density at radius 2 is 1.44 bits per heavy atom. The number of ether oxygens (including phenoxy) is 6. The fourth-order valence-electron chi connectivity index (χ4n) is 4.09. The highest BCUT2D eigenvalue weighted by Crippen LogP contribution is 2.44. The number of hydrogen-bond acceptors (Lipinski definition) is 11. The van der Waals surface area contributed by atoms with Gasteiger partial charge in [-0.3, -0.25) is 24.0 Å². The number of benzene rings is 1. The Balaban J connectivity index is 2.28. The summed E-state index contributed by atoms with van der Waals surface area (Å²) in [6.45, 7) is 5.11. The van der Waals surface area contributed by atoms with E-state index in [0.717, 1.165) is 34.6 Å². The monoisotopic (exact) mass is 505 g/mol. The number of esters is 5. The van der Waals surface area contributed by atoms with Gasteiger partial charge in [-0.15, -0.1) is 0 Å². The van der Waals surface area contributed by atoms with Crippen LogP contribution >= 0.6 is 0 Å². The maximum atomic E-state index is 12.4. The molecule has 0 bridgehead atoms. The molecule has 1 N–H and O–H groups in total. The van der Waals surface area contributed by atoms with Gasteiger partial charge in [0.05, 0.1) is 5.69 Å². The summed E-state index contributed by atoms with van der Waals surface area (Å²) in [5, 5.41) is 0.701. The molecule has 1 saturated heterocycles. The topological polar surface area (TPSA) is 157 Å². The van der Waals surface area contributed by atoms with E-state index in [0.29, 0.717) is 10.9 Å². The van der Waals surface area contributed by atoms with E-state index in [9.17, 15) is 24.0 Å². The first-order chi connectivity index (χ1) is 16.9. The number of rotatable bonds is 7. The van der Waals surface area contributed by atoms with Crippen molar-refractivity contribution in [2.24, 2.45) is 0 Å². The van der Waals surface area contributed by atoms with Crippen molar-refractivity contribution in [1.29, 1.82) is 0 Å². The smallest absolute Gasteiger partial charge is 0.305 e. The predicted molar refractivity (Wildman–Crippen MR) is 120 cm³/mol. The molecule has 12 heteroatoms. The Hall–Kier alpha value is -3.93. The molecule has 5 atom stereocenters. The van der Waals surface area contributed by atoms with Gasteiger partial charge < -0.3 is 33.4 Å². The number of nitrogens with one attached hydrogen (secondary N) is 1. The number of aromatic nitrogens is 1. The third-order valence-electron chi connectivity index (χ3n) is 5.24. The van der Waals surface area contributed by atoms with Crippen molar-refractivity contribution in [3.63, 3.8) is 0 Å². The third kappa shape index (κ3) is 5.82. The van der Waals surface area contributed by atoms with Crippen LogP contribution in [0.15, 0.2) is 30.3 Å². The zero-order valence-corrected chi connectivity index (χ0v) is 20.4. The fourth-order valence-corrected chi connectivity index (χ4v) is 4.09. The van der Waals surface area contributed by atoms with E-state index < -0.39 is 66.7 Å². The largest absolute Gasteiger partial charge is 0.463 e. The first-order valence-corrected chi connectivity index (χ1v) is 11.0. The van der Waals surface area contributed by atoms with Gasteiger partial charge in [-0.25, -0.2) is 0 Å². The normalized spacial score (nSPS) is 25.5. The van der Waals surface area contributed by atoms with Crippen molar-refractivity contribution in [1.82, 2.24) is 4.98 Å². The average molecular weight is 505 g/mol. The second-order valence-electron chi connectivity index (χ2n) is 8.17. The lowest BCUT2D eigenvalue weighted by Gasteiger charge is -2.49. The molecule has 1 aliphatic rings. The summed E-state index contributed by atoms with van der Waals surface area (Å²) in [5.74, 6) is -6.12. The number of carbonyl (C=O) groups excluding carboxylic acids is 5. The Morgan fingerprint density at radius 1 is 0.833 bits per heavy atom. The summed E-state index contributed by atoms with van der Waals surface area (Å²) < 4.78 is 33.3. The Bertz CT molecular complexity index is 1140. The number of carbonyl (C=O) groups is 5. The molecule has 194 valence electrons. The maximum Gasteiger partial charge on any atom is 0.305 e. The van der Waals surface area contributed by atoms with Crippen LogP contribution in [-0.2, 0) is 58.2 Å². The van der Waals surface area contributed by atoms with Crippen molar-refractivity contribution in [2.75, 3.05) is 6.61 Å². The van der Waals surface area contributed by atoms with E-state index in [2.05, 4.69) is 4.98 Å². The van der Waals surface area contributed by atoms with Gasteiger partial charge in [0.2, 0.25) is 6.10 Å². The molecule has 36 heavy (non-hydrogen) atoms. The molecule has 0 aliphatic carbocycles. The maximum absolute atomic E-state index is 12.4. The highest BCUT2D eigenvalue weighted by Gasteiger charge is 2.64. The van der Waals surface area contributed by atoms with Crippen LogP contribution in [-0.4, -0.2) is 65.9 Å². The summed E-state index contributed by atoms with van der Waals surface area (Å²) in [4.78, 5) is 63.3. The highest BCUT2D eigenvalue weighted by atomic mass is 16.8. The van der Waals surface area contributed by atoms with Gasteiger partial charge in [-0.2, -0.15) is 0 Å². The van der Waals surface area contributed by atoms with Crippen molar-refractivity contribution in [3.05, 3.63) is 36.0 Å². The second kappa shape index (κ2) is 10.8. The van der Waals surface area contributed by atoms with Crippen molar-refractivity contribution in [2.45, 2.75) is 64.8 Å². The Kier molecular flexibility index (Phi) is 7.98. The van der Waals surface area contributed by atoms with Crippen molar-refractivity contribution < 1.29 is 52.4 Å². The third-order valence-corrected chi connectivity index (χ3v) is 5.24. The van der Waals surface area contributed by atoms with E-state index in [1.807, 2.05) is 0 Å². The van der Waals surface area contributed by atoms with Gasteiger partial charge in [0, 0.05) is 40.1 Å². The number of fused-ring (bicyclic) bond motifs is 1. The number of hydrogen-bond donors (Lipinski definition) is 1. The standard InChI is InChI=1S/C24H27NO11/c1-12(26)31-11-19-21(32-13(2)27)22(33-14(3)28)23(34-15(4)29)24(36-19,35-16(5)30)20-10-17-8-6-7-9-18(17)25-20/h6-10,19,21-23,25H,11H2,1-5H3/t19-,21-,22+,23-,24+/m1/s1. The molecule has 0 unspecified atom stereocenters. The van der Waals surface area contributed by atoms with Gasteiger partial charge in [0.1, 0.15) is 12.7 Å². The number of aromatic amines is 1. The Morgan fingerprint density at radius 3 is 2.00 bits per heavy atom. The van der Waals surface area contributed by atoms with Gasteiger partial charge in [-0.05, 0) is 17.5 Å². The first kappa shape index (κ1) is 26.7. The van der Waals surface area contributed by atoms with Crippen LogP contribution in [0.4, 0.5) is 0 Å². The summed E-state index contributed by atoms with van der Waals surface area (Å²) in [7, 11) is 0. The molecule has 2 heterocycles. The number of para-hydroxylation sites is 1. The first-order valence-electron chi connectivity index (χ1n) is 11.0. The lowest BCUT2D eigenvalue weighted by atomic mass is 9.89. The minimum atomic E-state index is -2.21. The number of H-pyrrole nitrogens is 1. The van der Waals surface area contributed by atoms with Crippen LogP contribution in [0.5, 0.6) is 0 Å². The minimum absolute atomic E-state index is 0.136. The van der Waals surface area contributed by atoms with Gasteiger partial charge in [0.25, 0.3) is 5.79 Å². The predicted octanol–water partition coefficient (Wildman–Crippen LogP) is 1.64. The zero-order valence-electron chi connectivity index (χ0n) is 20.4. The van der Waals surface area contributed by atoms with Crippen LogP contribution in [0.3, 0.4) is 0 Å². The SMILES string of the molecule is CC(=O)OC[C@H]1O[C@@](OC(C)=O)(c2cc3ccccc3[nH]2)[C@H](OC(C)=O)[C@@H](OC(C)=O)[C@@H]1OC(C)=O. The second-order valence-corrected chi connectivity index (χ2v) is 8.17. The van der Waals surface area contributed by atoms with Crippen LogP contribution < -0.4 is 0 Å². The van der Waals surface area contributed by atoms with E-state index >= 15 is 0 Å². The van der Waals surface area contributed by atoms with E-state index in [1.54, 1.807) is 30.3 Å². The molecule has 1 aliphatic heterocycles. The summed E-state index contributed by atoms with van der Waals surface area (Å²) >= 11 is 0. The molecule has 1 aromatic heterocycles. The van der Waals surface area contributed by atoms with Gasteiger partial charge >= 0.3 is 29.8 Å².